The van der Waals surface area contributed by atoms with Crippen molar-refractivity contribution in [2.75, 3.05) is 65.7 Å². The SMILES string of the molecule is C=CCO[C@@]12Oc3ccc(Oc4ccc(SC)cc4)cc3[C@H]3[C@H](CCCCO)[C@@H](CCCCO)C=C(C(=NOCC)C[C@@H]1N(CCOCCO)C(=O)OCC)[C@H]32. The molecule has 13 heteroatoms. The van der Waals surface area contributed by atoms with Gasteiger partial charge in [0.1, 0.15) is 29.9 Å². The molecule has 56 heavy (non-hydrogen) atoms. The highest BCUT2D eigenvalue weighted by Crippen LogP contribution is 2.62. The third-order valence-electron chi connectivity index (χ3n) is 10.8. The number of hydrogen-bond acceptors (Lipinski definition) is 12. The Morgan fingerprint density at radius 2 is 1.75 bits per heavy atom. The van der Waals surface area contributed by atoms with E-state index in [1.165, 1.54) is 0 Å². The van der Waals surface area contributed by atoms with Crippen LogP contribution in [0, 0.1) is 17.8 Å². The quantitative estimate of drug-likeness (QED) is 0.0450. The first-order valence-electron chi connectivity index (χ1n) is 20.0. The zero-order chi connectivity index (χ0) is 39.9. The molecule has 2 aliphatic carbocycles. The lowest BCUT2D eigenvalue weighted by Crippen LogP contribution is -2.70. The van der Waals surface area contributed by atoms with Crippen molar-refractivity contribution < 1.29 is 48.6 Å². The highest BCUT2D eigenvalue weighted by atomic mass is 32.2. The minimum Gasteiger partial charge on any atom is -0.459 e. The standard InChI is InChI=1S/C43H60N2O10S/c1-5-24-52-43-39(45(42(49)51-6-2)20-25-50-26-23-48)29-37(44-53-7-3)35-27-30(12-8-10-21-46)34(13-9-11-22-47)40(41(35)43)36-28-32(16-19-38(36)55-43)54-31-14-17-33(56-4)18-15-31/h5,14-19,27-28,30,34,39-41,46-48H,1,6-13,20-26,29H2,2-4H3/t30-,34+,39-,40+,41+,43+/m0/s1. The number of ether oxygens (including phenoxy) is 5. The van der Waals surface area contributed by atoms with E-state index in [0.717, 1.165) is 41.7 Å². The molecule has 0 aromatic heterocycles. The fraction of sp³-hybridized carbons (Fsp3) is 0.581. The van der Waals surface area contributed by atoms with Crippen molar-refractivity contribution in [2.45, 2.75) is 81.4 Å². The predicted molar refractivity (Wildman–Crippen MR) is 217 cm³/mol. The summed E-state index contributed by atoms with van der Waals surface area (Å²) in [5.41, 5.74) is 2.61. The molecular formula is C43H60N2O10S. The number of thioether (sulfide) groups is 1. The second-order valence-electron chi connectivity index (χ2n) is 14.2. The average molecular weight is 797 g/mol. The highest BCUT2D eigenvalue weighted by Gasteiger charge is 2.65. The maximum atomic E-state index is 14.0. The second-order valence-corrected chi connectivity index (χ2v) is 15.1. The fourth-order valence-electron chi connectivity index (χ4n) is 8.54. The van der Waals surface area contributed by atoms with E-state index < -0.39 is 23.8 Å². The second kappa shape index (κ2) is 21.8. The summed E-state index contributed by atoms with van der Waals surface area (Å²) < 4.78 is 32.0. The normalized spacial score (nSPS) is 24.4. The number of allylic oxidation sites excluding steroid dienone is 1. The van der Waals surface area contributed by atoms with Crippen molar-refractivity contribution in [1.82, 2.24) is 4.90 Å². The lowest BCUT2D eigenvalue weighted by atomic mass is 9.55. The van der Waals surface area contributed by atoms with Crippen molar-refractivity contribution in [3.8, 4) is 17.2 Å². The van der Waals surface area contributed by atoms with Gasteiger partial charge in [0.05, 0.1) is 44.7 Å². The predicted octanol–water partition coefficient (Wildman–Crippen LogP) is 7.32. The molecule has 3 aliphatic rings. The molecule has 1 saturated carbocycles. The number of carbonyl (C=O) groups excluding carboxylic acids is 1. The summed E-state index contributed by atoms with van der Waals surface area (Å²) >= 11 is 1.67. The Hall–Kier alpha value is -3.59. The monoisotopic (exact) mass is 796 g/mol. The van der Waals surface area contributed by atoms with E-state index in [1.54, 1.807) is 29.7 Å². The molecule has 0 spiro atoms. The van der Waals surface area contributed by atoms with E-state index in [1.807, 2.05) is 49.6 Å². The summed E-state index contributed by atoms with van der Waals surface area (Å²) in [5, 5.41) is 33.8. The average Bonchev–Trinajstić information content (AvgIpc) is 3.21. The van der Waals surface area contributed by atoms with Crippen molar-refractivity contribution in [3.63, 3.8) is 0 Å². The zero-order valence-corrected chi connectivity index (χ0v) is 33.9. The number of amides is 1. The smallest absolute Gasteiger partial charge is 0.410 e. The van der Waals surface area contributed by atoms with E-state index in [0.29, 0.717) is 42.4 Å². The Bertz CT molecular complexity index is 1620. The Balaban J connectivity index is 1.75. The maximum absolute atomic E-state index is 14.0. The van der Waals surface area contributed by atoms with Crippen molar-refractivity contribution >= 4 is 23.6 Å². The largest absolute Gasteiger partial charge is 0.459 e. The first kappa shape index (κ1) is 43.5. The number of benzene rings is 2. The van der Waals surface area contributed by atoms with Gasteiger partial charge in [-0.1, -0.05) is 30.1 Å². The van der Waals surface area contributed by atoms with Gasteiger partial charge in [0.2, 0.25) is 5.79 Å². The lowest BCUT2D eigenvalue weighted by Gasteiger charge is -2.59. The number of hydrogen-bond donors (Lipinski definition) is 3. The third kappa shape index (κ3) is 10.1. The van der Waals surface area contributed by atoms with Gasteiger partial charge < -0.3 is 43.8 Å². The molecule has 0 bridgehead atoms. The number of nitrogens with zero attached hydrogens (tertiary/aromatic N) is 2. The third-order valence-corrected chi connectivity index (χ3v) is 11.6. The Morgan fingerprint density at radius 1 is 1.00 bits per heavy atom. The van der Waals surface area contributed by atoms with Crippen LogP contribution in [-0.2, 0) is 19.0 Å². The molecule has 2 aromatic rings. The van der Waals surface area contributed by atoms with Crippen LogP contribution in [0.2, 0.25) is 0 Å². The van der Waals surface area contributed by atoms with Crippen molar-refractivity contribution in [2.24, 2.45) is 22.9 Å². The summed E-state index contributed by atoms with van der Waals surface area (Å²) in [7, 11) is 0. The van der Waals surface area contributed by atoms with Gasteiger partial charge in [0.15, 0.2) is 0 Å². The van der Waals surface area contributed by atoms with E-state index in [9.17, 15) is 20.1 Å². The summed E-state index contributed by atoms with van der Waals surface area (Å²) in [6.07, 6.45) is 10.4. The van der Waals surface area contributed by atoms with E-state index in [4.69, 9.17) is 33.7 Å². The first-order valence-corrected chi connectivity index (χ1v) is 21.3. The van der Waals surface area contributed by atoms with Crippen LogP contribution in [0.5, 0.6) is 17.2 Å². The fourth-order valence-corrected chi connectivity index (χ4v) is 8.95. The van der Waals surface area contributed by atoms with Crippen LogP contribution in [0.3, 0.4) is 0 Å². The Labute approximate surface area is 335 Å². The molecule has 0 radical (unpaired) electrons. The maximum Gasteiger partial charge on any atom is 0.410 e. The molecule has 12 nitrogen and oxygen atoms in total. The molecule has 0 unspecified atom stereocenters. The number of carbonyl (C=O) groups is 1. The van der Waals surface area contributed by atoms with Crippen LogP contribution in [0.15, 0.2) is 76.8 Å². The number of aliphatic hydroxyl groups excluding tert-OH is 3. The van der Waals surface area contributed by atoms with Crippen LogP contribution < -0.4 is 9.47 Å². The lowest BCUT2D eigenvalue weighted by molar-refractivity contribution is -0.256. The minimum atomic E-state index is -1.42. The summed E-state index contributed by atoms with van der Waals surface area (Å²) in [6, 6.07) is 13.1. The molecule has 308 valence electrons. The molecule has 3 N–H and O–H groups in total. The van der Waals surface area contributed by atoms with Crippen molar-refractivity contribution in [1.29, 1.82) is 0 Å². The molecule has 2 aromatic carbocycles. The van der Waals surface area contributed by atoms with Gasteiger partial charge in [-0.05, 0) is 106 Å². The van der Waals surface area contributed by atoms with Crippen LogP contribution in [0.4, 0.5) is 4.79 Å². The number of rotatable bonds is 23. The van der Waals surface area contributed by atoms with Gasteiger partial charge in [-0.25, -0.2) is 4.79 Å². The Kier molecular flexibility index (Phi) is 16.9. The number of aliphatic hydroxyl groups is 3. The van der Waals surface area contributed by atoms with Gasteiger partial charge >= 0.3 is 6.09 Å². The van der Waals surface area contributed by atoms with Gasteiger partial charge in [0, 0.05) is 42.6 Å². The molecule has 1 fully saturated rings. The number of fused-ring (bicyclic) bond motifs is 2. The molecule has 1 amide bonds. The van der Waals surface area contributed by atoms with Gasteiger partial charge in [-0.15, -0.1) is 18.3 Å². The molecular weight excluding hydrogens is 737 g/mol. The van der Waals surface area contributed by atoms with Crippen LogP contribution in [-0.4, -0.2) is 110 Å². The molecule has 0 saturated heterocycles. The number of unbranched alkanes of at least 4 members (excludes halogenated alkanes) is 2. The van der Waals surface area contributed by atoms with E-state index in [-0.39, 0.29) is 77.0 Å². The van der Waals surface area contributed by atoms with E-state index in [2.05, 4.69) is 18.7 Å². The minimum absolute atomic E-state index is 0.0653. The van der Waals surface area contributed by atoms with Gasteiger partial charge in [-0.2, -0.15) is 0 Å². The van der Waals surface area contributed by atoms with Gasteiger partial charge in [-0.3, -0.25) is 4.90 Å². The summed E-state index contributed by atoms with van der Waals surface area (Å²) in [6.45, 7) is 8.76. The molecule has 5 rings (SSSR count). The Morgan fingerprint density at radius 3 is 2.43 bits per heavy atom. The van der Waals surface area contributed by atoms with Crippen LogP contribution >= 0.6 is 11.8 Å². The topological polar surface area (TPSA) is 149 Å². The number of oxime groups is 1. The van der Waals surface area contributed by atoms with Crippen LogP contribution in [0.1, 0.15) is 70.3 Å². The van der Waals surface area contributed by atoms with E-state index >= 15 is 0 Å². The van der Waals surface area contributed by atoms with Crippen LogP contribution in [0.25, 0.3) is 0 Å². The molecule has 1 aliphatic heterocycles. The first-order chi connectivity index (χ1) is 27.4. The highest BCUT2D eigenvalue weighted by molar-refractivity contribution is 7.98. The van der Waals surface area contributed by atoms with Crippen molar-refractivity contribution in [3.05, 3.63) is 72.3 Å². The molecule has 1 heterocycles. The molecule has 6 atom stereocenters. The zero-order valence-electron chi connectivity index (χ0n) is 33.1. The summed E-state index contributed by atoms with van der Waals surface area (Å²) in [4.78, 5) is 22.6. The van der Waals surface area contributed by atoms with Gasteiger partial charge in [0.25, 0.3) is 0 Å². The summed E-state index contributed by atoms with van der Waals surface area (Å²) in [5.74, 6) is 0.0735.